The van der Waals surface area contributed by atoms with Crippen LogP contribution in [-0.2, 0) is 4.79 Å². The van der Waals surface area contributed by atoms with Gasteiger partial charge in [-0.2, -0.15) is 0 Å². The van der Waals surface area contributed by atoms with Crippen LogP contribution in [0.3, 0.4) is 0 Å². The van der Waals surface area contributed by atoms with Crippen LogP contribution in [0.5, 0.6) is 5.75 Å². The Morgan fingerprint density at radius 2 is 2.00 bits per heavy atom. The molecule has 2 fully saturated rings. The Labute approximate surface area is 138 Å². The molecule has 5 heteroatoms. The van der Waals surface area contributed by atoms with Crippen molar-refractivity contribution in [3.05, 3.63) is 29.8 Å². The van der Waals surface area contributed by atoms with Crippen molar-refractivity contribution in [1.29, 1.82) is 0 Å². The number of carbonyl (C=O) groups is 1. The molecule has 0 bridgehead atoms. The Bertz CT molecular complexity index is 482. The number of amides is 1. The van der Waals surface area contributed by atoms with Gasteiger partial charge in [-0.15, -0.1) is 12.4 Å². The second-order valence-electron chi connectivity index (χ2n) is 6.14. The first-order chi connectivity index (χ1) is 10.3. The zero-order valence-corrected chi connectivity index (χ0v) is 13.8. The molecule has 4 nitrogen and oxygen atoms in total. The van der Waals surface area contributed by atoms with Gasteiger partial charge in [0.15, 0.2) is 0 Å². The van der Waals surface area contributed by atoms with Crippen molar-refractivity contribution >= 4 is 18.3 Å². The topological polar surface area (TPSA) is 50.4 Å². The number of carbonyl (C=O) groups excluding carboxylic acids is 1. The van der Waals surface area contributed by atoms with Crippen molar-refractivity contribution in [3.63, 3.8) is 0 Å². The highest BCUT2D eigenvalue weighted by molar-refractivity contribution is 5.85. The number of nitrogens with one attached hydrogen (secondary N) is 2. The van der Waals surface area contributed by atoms with E-state index in [4.69, 9.17) is 4.74 Å². The van der Waals surface area contributed by atoms with Gasteiger partial charge in [-0.1, -0.05) is 12.1 Å². The minimum absolute atomic E-state index is 0. The summed E-state index contributed by atoms with van der Waals surface area (Å²) in [6.45, 7) is 1.85. The van der Waals surface area contributed by atoms with Crippen molar-refractivity contribution in [2.45, 2.75) is 31.7 Å². The van der Waals surface area contributed by atoms with Crippen LogP contribution >= 0.6 is 12.4 Å². The third-order valence-electron chi connectivity index (χ3n) is 4.53. The minimum Gasteiger partial charge on any atom is -0.497 e. The van der Waals surface area contributed by atoms with E-state index in [0.29, 0.717) is 5.92 Å². The van der Waals surface area contributed by atoms with Gasteiger partial charge in [0.2, 0.25) is 5.91 Å². The molecule has 2 aliphatic rings. The quantitative estimate of drug-likeness (QED) is 0.875. The Morgan fingerprint density at radius 3 is 2.55 bits per heavy atom. The Balaban J connectivity index is 0.00000176. The first-order valence-electron chi connectivity index (χ1n) is 7.93. The van der Waals surface area contributed by atoms with Gasteiger partial charge in [0.25, 0.3) is 0 Å². The van der Waals surface area contributed by atoms with E-state index in [9.17, 15) is 4.79 Å². The molecule has 2 N–H and O–H groups in total. The molecule has 1 aliphatic carbocycles. The summed E-state index contributed by atoms with van der Waals surface area (Å²) in [6, 6.07) is 8.24. The summed E-state index contributed by atoms with van der Waals surface area (Å²) >= 11 is 0. The molecule has 1 aliphatic heterocycles. The third kappa shape index (κ3) is 4.14. The van der Waals surface area contributed by atoms with Crippen molar-refractivity contribution in [1.82, 2.24) is 10.6 Å². The highest BCUT2D eigenvalue weighted by Gasteiger charge is 2.34. The average Bonchev–Trinajstić information content (AvgIpc) is 3.38. The van der Waals surface area contributed by atoms with Gasteiger partial charge in [0, 0.05) is 6.54 Å². The van der Waals surface area contributed by atoms with Crippen molar-refractivity contribution in [3.8, 4) is 5.75 Å². The van der Waals surface area contributed by atoms with Gasteiger partial charge >= 0.3 is 0 Å². The fourth-order valence-electron chi connectivity index (χ4n) is 3.06. The molecular formula is C17H25ClN2O2. The molecular weight excluding hydrogens is 300 g/mol. The summed E-state index contributed by atoms with van der Waals surface area (Å²) in [5, 5.41) is 6.59. The smallest absolute Gasteiger partial charge is 0.224 e. The number of hydrogen-bond acceptors (Lipinski definition) is 3. The van der Waals surface area contributed by atoms with Gasteiger partial charge in [0.1, 0.15) is 5.75 Å². The Hall–Kier alpha value is -1.26. The normalized spacial score (nSPS) is 22.3. The van der Waals surface area contributed by atoms with Crippen LogP contribution in [-0.4, -0.2) is 26.1 Å². The summed E-state index contributed by atoms with van der Waals surface area (Å²) in [5.41, 5.74) is 1.19. The van der Waals surface area contributed by atoms with Gasteiger partial charge < -0.3 is 15.4 Å². The molecule has 1 saturated carbocycles. The summed E-state index contributed by atoms with van der Waals surface area (Å²) in [5.74, 6) is 1.78. The van der Waals surface area contributed by atoms with E-state index in [0.717, 1.165) is 31.7 Å². The molecule has 0 aromatic heterocycles. The lowest BCUT2D eigenvalue weighted by molar-refractivity contribution is -0.126. The molecule has 122 valence electrons. The summed E-state index contributed by atoms with van der Waals surface area (Å²) < 4.78 is 5.21. The summed E-state index contributed by atoms with van der Waals surface area (Å²) in [7, 11) is 1.67. The number of piperidine rings is 1. The van der Waals surface area contributed by atoms with E-state index >= 15 is 0 Å². The van der Waals surface area contributed by atoms with E-state index < -0.39 is 0 Å². The monoisotopic (exact) mass is 324 g/mol. The number of rotatable bonds is 5. The van der Waals surface area contributed by atoms with Gasteiger partial charge in [-0.25, -0.2) is 0 Å². The number of benzene rings is 1. The van der Waals surface area contributed by atoms with E-state index in [2.05, 4.69) is 22.8 Å². The zero-order valence-electron chi connectivity index (χ0n) is 13.0. The standard InChI is InChI=1S/C17H24N2O2.ClH/c1-21-15-8-6-13(7-9-15)16(12-4-5-12)19-17(20)14-3-2-10-18-11-14;/h6-9,12,14,16,18H,2-5,10-11H2,1H3,(H,19,20);1H. The molecule has 1 heterocycles. The number of halogens is 1. The van der Waals surface area contributed by atoms with Crippen LogP contribution in [0.2, 0.25) is 0 Å². The summed E-state index contributed by atoms with van der Waals surface area (Å²) in [6.07, 6.45) is 4.51. The van der Waals surface area contributed by atoms with Gasteiger partial charge in [0.05, 0.1) is 19.1 Å². The maximum atomic E-state index is 12.5. The van der Waals surface area contributed by atoms with E-state index in [-0.39, 0.29) is 30.3 Å². The van der Waals surface area contributed by atoms with Crippen LogP contribution in [0, 0.1) is 11.8 Å². The molecule has 1 aromatic rings. The fraction of sp³-hybridized carbons (Fsp3) is 0.588. The Kier molecular flexibility index (Phi) is 6.09. The van der Waals surface area contributed by atoms with E-state index in [1.165, 1.54) is 18.4 Å². The molecule has 1 aromatic carbocycles. The van der Waals surface area contributed by atoms with E-state index in [1.807, 2.05) is 12.1 Å². The molecule has 0 spiro atoms. The third-order valence-corrected chi connectivity index (χ3v) is 4.53. The lowest BCUT2D eigenvalue weighted by Gasteiger charge is -2.26. The first-order valence-corrected chi connectivity index (χ1v) is 7.93. The predicted molar refractivity (Wildman–Crippen MR) is 89.4 cm³/mol. The van der Waals surface area contributed by atoms with Crippen LogP contribution in [0.25, 0.3) is 0 Å². The van der Waals surface area contributed by atoms with Crippen molar-refractivity contribution < 1.29 is 9.53 Å². The lowest BCUT2D eigenvalue weighted by Crippen LogP contribution is -2.42. The highest BCUT2D eigenvalue weighted by Crippen LogP contribution is 2.41. The molecule has 1 saturated heterocycles. The zero-order chi connectivity index (χ0) is 14.7. The second-order valence-corrected chi connectivity index (χ2v) is 6.14. The maximum absolute atomic E-state index is 12.5. The van der Waals surface area contributed by atoms with Crippen molar-refractivity contribution in [2.24, 2.45) is 11.8 Å². The largest absolute Gasteiger partial charge is 0.497 e. The summed E-state index contributed by atoms with van der Waals surface area (Å²) in [4.78, 5) is 12.5. The number of hydrogen-bond donors (Lipinski definition) is 2. The lowest BCUT2D eigenvalue weighted by atomic mass is 9.96. The molecule has 1 amide bonds. The van der Waals surface area contributed by atoms with Crippen LogP contribution in [0.15, 0.2) is 24.3 Å². The van der Waals surface area contributed by atoms with Gasteiger partial charge in [-0.05, 0) is 55.8 Å². The van der Waals surface area contributed by atoms with Crippen LogP contribution in [0.4, 0.5) is 0 Å². The minimum atomic E-state index is 0. The molecule has 2 atom stereocenters. The molecule has 0 radical (unpaired) electrons. The Morgan fingerprint density at radius 1 is 1.27 bits per heavy atom. The van der Waals surface area contributed by atoms with E-state index in [1.54, 1.807) is 7.11 Å². The van der Waals surface area contributed by atoms with Crippen LogP contribution < -0.4 is 15.4 Å². The molecule has 22 heavy (non-hydrogen) atoms. The predicted octanol–water partition coefficient (Wildman–Crippen LogP) is 2.68. The first kappa shape index (κ1) is 17.1. The van der Waals surface area contributed by atoms with Gasteiger partial charge in [-0.3, -0.25) is 4.79 Å². The number of ether oxygens (including phenoxy) is 1. The second kappa shape index (κ2) is 7.84. The van der Waals surface area contributed by atoms with Crippen LogP contribution in [0.1, 0.15) is 37.3 Å². The maximum Gasteiger partial charge on any atom is 0.224 e. The molecule has 3 rings (SSSR count). The highest BCUT2D eigenvalue weighted by atomic mass is 35.5. The molecule has 2 unspecified atom stereocenters. The average molecular weight is 325 g/mol. The SMILES string of the molecule is COc1ccc(C(NC(=O)C2CCCNC2)C2CC2)cc1.Cl. The number of methoxy groups -OCH3 is 1. The fourth-order valence-corrected chi connectivity index (χ4v) is 3.06. The van der Waals surface area contributed by atoms with Crippen molar-refractivity contribution in [2.75, 3.05) is 20.2 Å².